The molecule has 0 spiro atoms. The van der Waals surface area contributed by atoms with E-state index >= 15 is 0 Å². The van der Waals surface area contributed by atoms with Crippen LogP contribution in [0.5, 0.6) is 0 Å². The van der Waals surface area contributed by atoms with Gasteiger partial charge in [-0.1, -0.05) is 0 Å². The highest BCUT2D eigenvalue weighted by atomic mass is 32.2. The molecule has 3 aromatic heterocycles. The Morgan fingerprint density at radius 2 is 2.22 bits per heavy atom. The average Bonchev–Trinajstić information content (AvgIpc) is 3.28. The second-order valence-corrected chi connectivity index (χ2v) is 7.19. The smallest absolute Gasteiger partial charge is 0.180 e. The lowest BCUT2D eigenvalue weighted by atomic mass is 10.1. The van der Waals surface area contributed by atoms with Gasteiger partial charge in [0.25, 0.3) is 0 Å². The van der Waals surface area contributed by atoms with E-state index in [1.165, 1.54) is 11.8 Å². The molecular weight excluding hydrogens is 334 g/mol. The molecule has 0 radical (unpaired) electrons. The van der Waals surface area contributed by atoms with Gasteiger partial charge in [0.1, 0.15) is 0 Å². The van der Waals surface area contributed by atoms with Crippen LogP contribution in [-0.4, -0.2) is 47.5 Å². The summed E-state index contributed by atoms with van der Waals surface area (Å²) in [5.41, 5.74) is 4.32. The van der Waals surface area contributed by atoms with Gasteiger partial charge in [0, 0.05) is 23.5 Å². The minimum Gasteiger partial charge on any atom is -0.390 e. The number of nitrogens with one attached hydrogen (secondary N) is 1. The molecule has 0 bridgehead atoms. The maximum Gasteiger partial charge on any atom is 0.180 e. The molecule has 23 heavy (non-hydrogen) atoms. The predicted octanol–water partition coefficient (Wildman–Crippen LogP) is 1.31. The van der Waals surface area contributed by atoms with Crippen molar-refractivity contribution in [1.29, 1.82) is 0 Å². The first-order valence-electron chi connectivity index (χ1n) is 7.14. The predicted molar refractivity (Wildman–Crippen MR) is 89.6 cm³/mol. The van der Waals surface area contributed by atoms with Crippen molar-refractivity contribution in [3.63, 3.8) is 0 Å². The zero-order valence-corrected chi connectivity index (χ0v) is 13.7. The lowest BCUT2D eigenvalue weighted by Crippen LogP contribution is -2.25. The number of nitrogens with zero attached hydrogens (tertiary/aromatic N) is 4. The number of fused-ring (bicyclic) bond motifs is 1. The molecule has 120 valence electrons. The summed E-state index contributed by atoms with van der Waals surface area (Å²) < 4.78 is 1.91. The summed E-state index contributed by atoms with van der Waals surface area (Å²) in [6, 6.07) is 0. The molecule has 4 heterocycles. The van der Waals surface area contributed by atoms with Crippen LogP contribution in [0, 0.1) is 0 Å². The number of hydrogen-bond acceptors (Lipinski definition) is 8. The molecule has 1 saturated heterocycles. The third-order valence-electron chi connectivity index (χ3n) is 3.82. The molecule has 3 aromatic rings. The van der Waals surface area contributed by atoms with Gasteiger partial charge in [-0.05, 0) is 0 Å². The molecule has 9 heteroatoms. The highest BCUT2D eigenvalue weighted by Gasteiger charge is 2.37. The van der Waals surface area contributed by atoms with E-state index < -0.39 is 12.2 Å². The van der Waals surface area contributed by atoms with Gasteiger partial charge in [-0.3, -0.25) is 4.40 Å². The van der Waals surface area contributed by atoms with Crippen LogP contribution < -0.4 is 5.32 Å². The first-order chi connectivity index (χ1) is 11.2. The van der Waals surface area contributed by atoms with Gasteiger partial charge in [-0.2, -0.15) is 0 Å². The molecule has 3 atom stereocenters. The number of rotatable bonds is 4. The number of aliphatic hydroxyl groups excluding tert-OH is 2. The van der Waals surface area contributed by atoms with E-state index in [2.05, 4.69) is 20.3 Å². The Balaban J connectivity index is 1.64. The van der Waals surface area contributed by atoms with Crippen molar-refractivity contribution in [1.82, 2.24) is 19.4 Å². The zero-order chi connectivity index (χ0) is 15.8. The molecule has 3 N–H and O–H groups in total. The van der Waals surface area contributed by atoms with Crippen LogP contribution in [0.1, 0.15) is 16.6 Å². The number of thiazole rings is 1. The van der Waals surface area contributed by atoms with Crippen LogP contribution in [0.4, 0.5) is 5.82 Å². The lowest BCUT2D eigenvalue weighted by Gasteiger charge is -2.15. The fraction of sp³-hybridized carbons (Fsp3) is 0.357. The molecular formula is C14H15N5O2S2. The largest absolute Gasteiger partial charge is 0.390 e. The fourth-order valence-corrected chi connectivity index (χ4v) is 4.52. The molecule has 4 rings (SSSR count). The van der Waals surface area contributed by atoms with Crippen molar-refractivity contribution >= 4 is 34.6 Å². The summed E-state index contributed by atoms with van der Waals surface area (Å²) in [6.07, 6.45) is 3.79. The summed E-state index contributed by atoms with van der Waals surface area (Å²) in [4.78, 5) is 13.0. The fourth-order valence-electron chi connectivity index (χ4n) is 2.63. The molecule has 0 saturated carbocycles. The van der Waals surface area contributed by atoms with Crippen LogP contribution in [0.3, 0.4) is 0 Å². The molecule has 1 aliphatic heterocycles. The van der Waals surface area contributed by atoms with E-state index in [1.807, 2.05) is 16.0 Å². The summed E-state index contributed by atoms with van der Waals surface area (Å²) in [6.45, 7) is 0.581. The summed E-state index contributed by atoms with van der Waals surface area (Å²) >= 11 is 3.09. The van der Waals surface area contributed by atoms with Gasteiger partial charge in [0.05, 0.1) is 47.1 Å². The van der Waals surface area contributed by atoms with E-state index in [-0.39, 0.29) is 5.25 Å². The number of imidazole rings is 1. The number of hydrogen-bond donors (Lipinski definition) is 3. The Morgan fingerprint density at radius 1 is 1.30 bits per heavy atom. The van der Waals surface area contributed by atoms with Crippen molar-refractivity contribution in [2.24, 2.45) is 0 Å². The third kappa shape index (κ3) is 2.69. The lowest BCUT2D eigenvalue weighted by molar-refractivity contribution is 0.0411. The number of aromatic nitrogens is 4. The molecule has 0 aliphatic carbocycles. The van der Waals surface area contributed by atoms with E-state index in [1.54, 1.807) is 29.2 Å². The Kier molecular flexibility index (Phi) is 3.93. The molecule has 1 fully saturated rings. The van der Waals surface area contributed by atoms with Gasteiger partial charge >= 0.3 is 0 Å². The minimum atomic E-state index is -0.778. The van der Waals surface area contributed by atoms with E-state index in [4.69, 9.17) is 0 Å². The zero-order valence-electron chi connectivity index (χ0n) is 12.0. The molecule has 0 amide bonds. The standard InChI is InChI=1S/C14H15N5O2S2/c20-10-6-23-12(11(10)21)9-4-17-14-13(15-1-2-19(9)14)16-3-8-5-22-7-18-8/h1-2,4-5,7,10-12,20-21H,3,6H2,(H,15,16)/t10-,11-,12+/m1/s1. The van der Waals surface area contributed by atoms with E-state index in [0.717, 1.165) is 11.4 Å². The quantitative estimate of drug-likeness (QED) is 0.653. The van der Waals surface area contributed by atoms with Crippen molar-refractivity contribution in [3.05, 3.63) is 40.9 Å². The van der Waals surface area contributed by atoms with Gasteiger partial charge < -0.3 is 15.5 Å². The normalized spacial score (nSPS) is 24.3. The number of thioether (sulfide) groups is 1. The van der Waals surface area contributed by atoms with Gasteiger partial charge in [-0.25, -0.2) is 15.0 Å². The van der Waals surface area contributed by atoms with Crippen molar-refractivity contribution in [2.75, 3.05) is 11.1 Å². The second kappa shape index (κ2) is 6.08. The molecule has 7 nitrogen and oxygen atoms in total. The van der Waals surface area contributed by atoms with E-state index in [9.17, 15) is 10.2 Å². The van der Waals surface area contributed by atoms with Gasteiger partial charge in [0.2, 0.25) is 0 Å². The summed E-state index contributed by atoms with van der Waals surface area (Å²) in [5.74, 6) is 1.20. The van der Waals surface area contributed by atoms with Crippen LogP contribution in [0.2, 0.25) is 0 Å². The summed E-state index contributed by atoms with van der Waals surface area (Å²) in [7, 11) is 0. The Morgan fingerprint density at radius 3 is 2.96 bits per heavy atom. The van der Waals surface area contributed by atoms with Crippen molar-refractivity contribution in [2.45, 2.75) is 24.0 Å². The average molecular weight is 349 g/mol. The topological polar surface area (TPSA) is 95.6 Å². The Hall–Kier alpha value is -1.68. The number of anilines is 1. The SMILES string of the molecule is O[C@@H]1[C@H](O)CS[C@H]1c1cnc2c(NCc3cscn3)nccn12. The highest BCUT2D eigenvalue weighted by molar-refractivity contribution is 7.99. The molecule has 1 aliphatic rings. The van der Waals surface area contributed by atoms with Crippen LogP contribution in [-0.2, 0) is 6.54 Å². The van der Waals surface area contributed by atoms with Crippen molar-refractivity contribution in [3.8, 4) is 0 Å². The Labute approximate surface area is 140 Å². The first-order valence-corrected chi connectivity index (χ1v) is 9.14. The second-order valence-electron chi connectivity index (χ2n) is 5.30. The van der Waals surface area contributed by atoms with Crippen LogP contribution in [0.25, 0.3) is 5.65 Å². The van der Waals surface area contributed by atoms with Crippen LogP contribution >= 0.6 is 23.1 Å². The molecule has 0 unspecified atom stereocenters. The first kappa shape index (κ1) is 14.9. The summed E-state index contributed by atoms with van der Waals surface area (Å²) in [5, 5.41) is 24.9. The minimum absolute atomic E-state index is 0.186. The maximum absolute atomic E-state index is 10.1. The van der Waals surface area contributed by atoms with Gasteiger partial charge in [-0.15, -0.1) is 23.1 Å². The van der Waals surface area contributed by atoms with Crippen molar-refractivity contribution < 1.29 is 10.2 Å². The van der Waals surface area contributed by atoms with Crippen LogP contribution in [0.15, 0.2) is 29.5 Å². The monoisotopic (exact) mass is 349 g/mol. The Bertz CT molecular complexity index is 807. The maximum atomic E-state index is 10.1. The van der Waals surface area contributed by atoms with Gasteiger partial charge in [0.15, 0.2) is 11.5 Å². The highest BCUT2D eigenvalue weighted by Crippen LogP contribution is 2.40. The number of aliphatic hydroxyl groups is 2. The van der Waals surface area contributed by atoms with E-state index in [0.29, 0.717) is 23.8 Å². The third-order valence-corrected chi connectivity index (χ3v) is 5.87. The molecule has 0 aromatic carbocycles.